The second kappa shape index (κ2) is 8.41. The van der Waals surface area contributed by atoms with E-state index in [1.54, 1.807) is 0 Å². The predicted molar refractivity (Wildman–Crippen MR) is 68.2 cm³/mol. The van der Waals surface area contributed by atoms with Gasteiger partial charge in [-0.2, -0.15) is 0 Å². The van der Waals surface area contributed by atoms with Crippen LogP contribution in [0.3, 0.4) is 0 Å². The van der Waals surface area contributed by atoms with Crippen LogP contribution in [0.2, 0.25) is 0 Å². The molecule has 0 aliphatic rings. The lowest BCUT2D eigenvalue weighted by Gasteiger charge is -2.01. The van der Waals surface area contributed by atoms with Gasteiger partial charge in [-0.1, -0.05) is 49.6 Å². The van der Waals surface area contributed by atoms with E-state index in [1.165, 1.54) is 0 Å². The largest absolute Gasteiger partial charge is 0.460 e. The number of hydrogen-bond donors (Lipinski definition) is 0. The molecule has 2 nitrogen and oxygen atoms in total. The highest BCUT2D eigenvalue weighted by Crippen LogP contribution is 2.01. The maximum Gasteiger partial charge on any atom is 0.318 e. The Bertz CT molecular complexity index is 384. The Morgan fingerprint density at radius 1 is 1.24 bits per heavy atom. The molecule has 1 rings (SSSR count). The van der Waals surface area contributed by atoms with E-state index >= 15 is 0 Å². The average molecular weight is 230 g/mol. The Morgan fingerprint density at radius 3 is 2.71 bits per heavy atom. The van der Waals surface area contributed by atoms with Crippen molar-refractivity contribution in [1.82, 2.24) is 0 Å². The summed E-state index contributed by atoms with van der Waals surface area (Å²) in [5, 5.41) is 0. The Kier molecular flexibility index (Phi) is 6.59. The average Bonchev–Trinajstić information content (AvgIpc) is 2.37. The van der Waals surface area contributed by atoms with Gasteiger partial charge in [0.1, 0.15) is 13.0 Å². The van der Waals surface area contributed by atoms with E-state index in [0.717, 1.165) is 24.8 Å². The normalized spacial score (nSPS) is 9.24. The third kappa shape index (κ3) is 6.42. The molecular formula is C15H18O2. The molecule has 90 valence electrons. The third-order valence-electron chi connectivity index (χ3n) is 2.26. The van der Waals surface area contributed by atoms with E-state index in [0.29, 0.717) is 6.61 Å². The summed E-state index contributed by atoms with van der Waals surface area (Å²) < 4.78 is 5.09. The van der Waals surface area contributed by atoms with Crippen molar-refractivity contribution in [2.45, 2.75) is 39.2 Å². The summed E-state index contributed by atoms with van der Waals surface area (Å²) >= 11 is 0. The van der Waals surface area contributed by atoms with Crippen molar-refractivity contribution >= 4 is 5.97 Å². The molecule has 17 heavy (non-hydrogen) atoms. The Hall–Kier alpha value is -1.75. The van der Waals surface area contributed by atoms with Crippen LogP contribution in [0.5, 0.6) is 0 Å². The highest BCUT2D eigenvalue weighted by molar-refractivity contribution is 5.72. The monoisotopic (exact) mass is 230 g/mol. The molecule has 0 heterocycles. The van der Waals surface area contributed by atoms with Crippen molar-refractivity contribution in [1.29, 1.82) is 0 Å². The molecule has 0 amide bonds. The second-order valence-corrected chi connectivity index (χ2v) is 3.78. The standard InChI is InChI=1S/C15H18O2/c1-2-3-4-5-9-12-15(16)17-13-14-10-7-6-8-11-14/h6-8,10-11H,2-4,12-13H2,1H3. The van der Waals surface area contributed by atoms with Crippen molar-refractivity contribution in [3.63, 3.8) is 0 Å². The van der Waals surface area contributed by atoms with Gasteiger partial charge in [-0.15, -0.1) is 5.92 Å². The number of unbranched alkanes of at least 4 members (excludes halogenated alkanes) is 2. The van der Waals surface area contributed by atoms with Crippen molar-refractivity contribution in [3.8, 4) is 11.8 Å². The van der Waals surface area contributed by atoms with Crippen LogP contribution < -0.4 is 0 Å². The van der Waals surface area contributed by atoms with Gasteiger partial charge in [0.15, 0.2) is 0 Å². The molecule has 0 fully saturated rings. The molecule has 0 spiro atoms. The lowest BCUT2D eigenvalue weighted by molar-refractivity contribution is -0.143. The molecule has 0 atom stereocenters. The summed E-state index contributed by atoms with van der Waals surface area (Å²) in [6.45, 7) is 2.45. The zero-order valence-electron chi connectivity index (χ0n) is 10.2. The van der Waals surface area contributed by atoms with Crippen LogP contribution in [0.1, 0.15) is 38.2 Å². The van der Waals surface area contributed by atoms with Crippen molar-refractivity contribution < 1.29 is 9.53 Å². The topological polar surface area (TPSA) is 26.3 Å². The summed E-state index contributed by atoms with van der Waals surface area (Å²) in [6.07, 6.45) is 3.28. The number of benzene rings is 1. The van der Waals surface area contributed by atoms with Crippen LogP contribution in [0.4, 0.5) is 0 Å². The van der Waals surface area contributed by atoms with Crippen molar-refractivity contribution in [2.75, 3.05) is 0 Å². The summed E-state index contributed by atoms with van der Waals surface area (Å²) in [5.41, 5.74) is 1.000. The fourth-order valence-electron chi connectivity index (χ4n) is 1.28. The maximum atomic E-state index is 11.3. The SMILES string of the molecule is CCCCC#CCC(=O)OCc1ccccc1. The van der Waals surface area contributed by atoms with Crippen LogP contribution in [0.15, 0.2) is 30.3 Å². The molecular weight excluding hydrogens is 212 g/mol. The summed E-state index contributed by atoms with van der Waals surface area (Å²) in [5.74, 6) is 5.54. The zero-order valence-corrected chi connectivity index (χ0v) is 10.2. The fraction of sp³-hybridized carbons (Fsp3) is 0.400. The Balaban J connectivity index is 2.19. The van der Waals surface area contributed by atoms with Crippen LogP contribution in [-0.4, -0.2) is 5.97 Å². The van der Waals surface area contributed by atoms with Crippen LogP contribution in [0, 0.1) is 11.8 Å². The smallest absolute Gasteiger partial charge is 0.318 e. The third-order valence-corrected chi connectivity index (χ3v) is 2.26. The number of esters is 1. The van der Waals surface area contributed by atoms with E-state index < -0.39 is 0 Å². The molecule has 0 radical (unpaired) electrons. The van der Waals surface area contributed by atoms with E-state index in [2.05, 4.69) is 18.8 Å². The van der Waals surface area contributed by atoms with Gasteiger partial charge < -0.3 is 4.74 Å². The minimum Gasteiger partial charge on any atom is -0.460 e. The lowest BCUT2D eigenvalue weighted by Crippen LogP contribution is -2.02. The van der Waals surface area contributed by atoms with Crippen LogP contribution in [-0.2, 0) is 16.1 Å². The molecule has 0 bridgehead atoms. The van der Waals surface area contributed by atoms with Gasteiger partial charge in [-0.3, -0.25) is 4.79 Å². The second-order valence-electron chi connectivity index (χ2n) is 3.78. The van der Waals surface area contributed by atoms with Gasteiger partial charge in [0.05, 0.1) is 0 Å². The molecule has 1 aromatic rings. The first kappa shape index (κ1) is 13.3. The number of carbonyl (C=O) groups excluding carboxylic acids is 1. The molecule has 0 saturated carbocycles. The quantitative estimate of drug-likeness (QED) is 0.440. The van der Waals surface area contributed by atoms with E-state index in [1.807, 2.05) is 30.3 Å². The summed E-state index contributed by atoms with van der Waals surface area (Å²) in [6, 6.07) is 9.65. The zero-order chi connectivity index (χ0) is 12.3. The predicted octanol–water partition coefficient (Wildman–Crippen LogP) is 3.31. The lowest BCUT2D eigenvalue weighted by atomic mass is 10.2. The number of carbonyl (C=O) groups is 1. The Morgan fingerprint density at radius 2 is 2.00 bits per heavy atom. The van der Waals surface area contributed by atoms with Gasteiger partial charge in [0.25, 0.3) is 0 Å². The van der Waals surface area contributed by atoms with Gasteiger partial charge >= 0.3 is 5.97 Å². The van der Waals surface area contributed by atoms with Crippen LogP contribution in [0.25, 0.3) is 0 Å². The van der Waals surface area contributed by atoms with Crippen LogP contribution >= 0.6 is 0 Å². The molecule has 0 unspecified atom stereocenters. The van der Waals surface area contributed by atoms with Gasteiger partial charge in [0.2, 0.25) is 0 Å². The highest BCUT2D eigenvalue weighted by atomic mass is 16.5. The van der Waals surface area contributed by atoms with Crippen molar-refractivity contribution in [2.24, 2.45) is 0 Å². The molecule has 0 N–H and O–H groups in total. The summed E-state index contributed by atoms with van der Waals surface area (Å²) in [4.78, 5) is 11.3. The minimum atomic E-state index is -0.252. The van der Waals surface area contributed by atoms with Gasteiger partial charge in [-0.05, 0) is 12.0 Å². The van der Waals surface area contributed by atoms with E-state index in [9.17, 15) is 4.79 Å². The highest BCUT2D eigenvalue weighted by Gasteiger charge is 1.99. The first-order valence-corrected chi connectivity index (χ1v) is 5.98. The molecule has 0 aliphatic heterocycles. The van der Waals surface area contributed by atoms with E-state index in [-0.39, 0.29) is 12.4 Å². The first-order valence-electron chi connectivity index (χ1n) is 5.98. The number of rotatable bonds is 5. The summed E-state index contributed by atoms with van der Waals surface area (Å²) in [7, 11) is 0. The molecule has 0 aliphatic carbocycles. The first-order chi connectivity index (χ1) is 8.33. The maximum absolute atomic E-state index is 11.3. The van der Waals surface area contributed by atoms with Gasteiger partial charge in [-0.25, -0.2) is 0 Å². The Labute approximate surface area is 103 Å². The van der Waals surface area contributed by atoms with E-state index in [4.69, 9.17) is 4.74 Å². The number of ether oxygens (including phenoxy) is 1. The molecule has 2 heteroatoms. The minimum absolute atomic E-state index is 0.191. The fourth-order valence-corrected chi connectivity index (χ4v) is 1.28. The van der Waals surface area contributed by atoms with Gasteiger partial charge in [0, 0.05) is 6.42 Å². The number of hydrogen-bond acceptors (Lipinski definition) is 2. The van der Waals surface area contributed by atoms with Crippen molar-refractivity contribution in [3.05, 3.63) is 35.9 Å². The molecule has 0 saturated heterocycles. The molecule has 0 aromatic heterocycles. The molecule has 1 aromatic carbocycles.